The number of hydrogen-bond donors (Lipinski definition) is 2. The smallest absolute Gasteiger partial charge is 0.224 e. The van der Waals surface area contributed by atoms with Crippen molar-refractivity contribution in [3.8, 4) is 5.75 Å². The molecule has 1 rings (SSSR count). The Morgan fingerprint density at radius 3 is 2.86 bits per heavy atom. The molecule has 0 fully saturated rings. The summed E-state index contributed by atoms with van der Waals surface area (Å²) in [6.07, 6.45) is 0.451. The molecule has 1 amide bonds. The third kappa shape index (κ3) is 2.39. The van der Waals surface area contributed by atoms with Crippen molar-refractivity contribution in [1.29, 1.82) is 0 Å². The van der Waals surface area contributed by atoms with Gasteiger partial charge in [0.1, 0.15) is 5.75 Å². The number of anilines is 2. The van der Waals surface area contributed by atoms with Gasteiger partial charge in [0, 0.05) is 18.2 Å². The fourth-order valence-corrected chi connectivity index (χ4v) is 1.04. The lowest BCUT2D eigenvalue weighted by Gasteiger charge is -2.07. The first-order valence-corrected chi connectivity index (χ1v) is 4.40. The minimum Gasteiger partial charge on any atom is -0.495 e. The van der Waals surface area contributed by atoms with E-state index in [9.17, 15) is 4.79 Å². The van der Waals surface area contributed by atoms with Gasteiger partial charge >= 0.3 is 0 Å². The predicted octanol–water partition coefficient (Wildman–Crippen LogP) is 1.63. The lowest BCUT2D eigenvalue weighted by atomic mass is 10.2. The molecule has 0 saturated heterocycles. The van der Waals surface area contributed by atoms with E-state index in [1.807, 2.05) is 0 Å². The van der Waals surface area contributed by atoms with Gasteiger partial charge in [-0.2, -0.15) is 0 Å². The van der Waals surface area contributed by atoms with Crippen LogP contribution in [-0.2, 0) is 4.79 Å². The number of nitrogens with one attached hydrogen (secondary N) is 1. The Labute approximate surface area is 83.1 Å². The number of carbonyl (C=O) groups is 1. The van der Waals surface area contributed by atoms with Crippen LogP contribution >= 0.6 is 0 Å². The molecule has 0 heterocycles. The fraction of sp³-hybridized carbons (Fsp3) is 0.300. The number of rotatable bonds is 3. The summed E-state index contributed by atoms with van der Waals surface area (Å²) in [5.41, 5.74) is 6.88. The van der Waals surface area contributed by atoms with Crippen LogP contribution in [0.15, 0.2) is 18.2 Å². The van der Waals surface area contributed by atoms with Crippen molar-refractivity contribution in [3.63, 3.8) is 0 Å². The average molecular weight is 194 g/mol. The Hall–Kier alpha value is -1.71. The molecule has 1 aromatic rings. The molecule has 0 saturated carbocycles. The summed E-state index contributed by atoms with van der Waals surface area (Å²) in [7, 11) is 1.54. The summed E-state index contributed by atoms with van der Waals surface area (Å²) < 4.78 is 5.02. The molecule has 3 N–H and O–H groups in total. The van der Waals surface area contributed by atoms with Gasteiger partial charge in [0.25, 0.3) is 0 Å². The van der Waals surface area contributed by atoms with Crippen LogP contribution in [0.1, 0.15) is 13.3 Å². The second-order valence-electron chi connectivity index (χ2n) is 2.86. The van der Waals surface area contributed by atoms with Crippen molar-refractivity contribution >= 4 is 17.3 Å². The second kappa shape index (κ2) is 4.50. The molecule has 76 valence electrons. The molecule has 0 aliphatic heterocycles. The number of amides is 1. The van der Waals surface area contributed by atoms with Gasteiger partial charge in [0.15, 0.2) is 0 Å². The van der Waals surface area contributed by atoms with Gasteiger partial charge < -0.3 is 15.8 Å². The minimum atomic E-state index is -0.0307. The van der Waals surface area contributed by atoms with Gasteiger partial charge in [-0.1, -0.05) is 6.92 Å². The summed E-state index contributed by atoms with van der Waals surface area (Å²) in [6, 6.07) is 5.14. The van der Waals surface area contributed by atoms with Crippen LogP contribution in [0.2, 0.25) is 0 Å². The van der Waals surface area contributed by atoms with E-state index < -0.39 is 0 Å². The van der Waals surface area contributed by atoms with Gasteiger partial charge in [0.05, 0.1) is 12.8 Å². The number of benzene rings is 1. The van der Waals surface area contributed by atoms with Crippen LogP contribution in [0.25, 0.3) is 0 Å². The van der Waals surface area contributed by atoms with Crippen molar-refractivity contribution < 1.29 is 9.53 Å². The van der Waals surface area contributed by atoms with Crippen LogP contribution in [0.5, 0.6) is 5.75 Å². The Bertz CT molecular complexity index is 337. The van der Waals surface area contributed by atoms with Crippen molar-refractivity contribution in [2.75, 3.05) is 18.2 Å². The van der Waals surface area contributed by atoms with E-state index in [1.54, 1.807) is 25.1 Å². The molecule has 4 heteroatoms. The molecule has 0 unspecified atom stereocenters. The van der Waals surface area contributed by atoms with E-state index in [0.29, 0.717) is 23.5 Å². The molecule has 1 aromatic carbocycles. The summed E-state index contributed by atoms with van der Waals surface area (Å²) in [5, 5.41) is 2.72. The van der Waals surface area contributed by atoms with Gasteiger partial charge in [-0.25, -0.2) is 0 Å². The number of carbonyl (C=O) groups excluding carboxylic acids is 1. The lowest BCUT2D eigenvalue weighted by Crippen LogP contribution is -2.09. The van der Waals surface area contributed by atoms with E-state index in [-0.39, 0.29) is 5.91 Å². The highest BCUT2D eigenvalue weighted by atomic mass is 16.5. The number of methoxy groups -OCH3 is 1. The Morgan fingerprint density at radius 1 is 1.57 bits per heavy atom. The van der Waals surface area contributed by atoms with Crippen LogP contribution in [0, 0.1) is 0 Å². The van der Waals surface area contributed by atoms with E-state index in [2.05, 4.69) is 5.32 Å². The third-order valence-corrected chi connectivity index (χ3v) is 1.84. The number of hydrogen-bond acceptors (Lipinski definition) is 3. The standard InChI is InChI=1S/C10H14N2O2/c1-3-10(13)12-7-4-5-8(11)9(6-7)14-2/h4-6H,3,11H2,1-2H3,(H,12,13). The maximum atomic E-state index is 11.1. The predicted molar refractivity (Wildman–Crippen MR) is 56.3 cm³/mol. The van der Waals surface area contributed by atoms with Crippen LogP contribution in [0.4, 0.5) is 11.4 Å². The fourth-order valence-electron chi connectivity index (χ4n) is 1.04. The maximum absolute atomic E-state index is 11.1. The summed E-state index contributed by atoms with van der Waals surface area (Å²) in [5.74, 6) is 0.538. The highest BCUT2D eigenvalue weighted by Crippen LogP contribution is 2.24. The molecule has 0 spiro atoms. The monoisotopic (exact) mass is 194 g/mol. The normalized spacial score (nSPS) is 9.57. The van der Waals surface area contributed by atoms with E-state index >= 15 is 0 Å². The molecular weight excluding hydrogens is 180 g/mol. The molecule has 4 nitrogen and oxygen atoms in total. The highest BCUT2D eigenvalue weighted by molar-refractivity contribution is 5.91. The Morgan fingerprint density at radius 2 is 2.29 bits per heavy atom. The zero-order valence-corrected chi connectivity index (χ0v) is 8.33. The number of nitrogen functional groups attached to an aromatic ring is 1. The van der Waals surface area contributed by atoms with Crippen LogP contribution in [0.3, 0.4) is 0 Å². The topological polar surface area (TPSA) is 64.4 Å². The van der Waals surface area contributed by atoms with E-state index in [4.69, 9.17) is 10.5 Å². The molecule has 0 aliphatic carbocycles. The van der Waals surface area contributed by atoms with Crippen molar-refractivity contribution in [2.24, 2.45) is 0 Å². The van der Waals surface area contributed by atoms with Crippen molar-refractivity contribution in [1.82, 2.24) is 0 Å². The molecule has 0 bridgehead atoms. The Kier molecular flexibility index (Phi) is 3.34. The second-order valence-corrected chi connectivity index (χ2v) is 2.86. The SMILES string of the molecule is CCC(=O)Nc1ccc(N)c(OC)c1. The van der Waals surface area contributed by atoms with E-state index in [0.717, 1.165) is 0 Å². The van der Waals surface area contributed by atoms with Gasteiger partial charge in [0.2, 0.25) is 5.91 Å². The molecule has 0 atom stereocenters. The molecule has 0 radical (unpaired) electrons. The minimum absolute atomic E-state index is 0.0307. The van der Waals surface area contributed by atoms with Crippen LogP contribution in [-0.4, -0.2) is 13.0 Å². The molecular formula is C10H14N2O2. The van der Waals surface area contributed by atoms with Crippen LogP contribution < -0.4 is 15.8 Å². The first kappa shape index (κ1) is 10.4. The van der Waals surface area contributed by atoms with Gasteiger partial charge in [-0.15, -0.1) is 0 Å². The first-order valence-electron chi connectivity index (χ1n) is 4.40. The van der Waals surface area contributed by atoms with Gasteiger partial charge in [-0.05, 0) is 12.1 Å². The average Bonchev–Trinajstić information content (AvgIpc) is 2.20. The van der Waals surface area contributed by atoms with Gasteiger partial charge in [-0.3, -0.25) is 4.79 Å². The zero-order valence-electron chi connectivity index (χ0n) is 8.33. The summed E-state index contributed by atoms with van der Waals surface area (Å²) in [6.45, 7) is 1.80. The third-order valence-electron chi connectivity index (χ3n) is 1.84. The lowest BCUT2D eigenvalue weighted by molar-refractivity contribution is -0.115. The quantitative estimate of drug-likeness (QED) is 0.719. The number of nitrogens with two attached hydrogens (primary N) is 1. The molecule has 0 aliphatic rings. The van der Waals surface area contributed by atoms with E-state index in [1.165, 1.54) is 7.11 Å². The summed E-state index contributed by atoms with van der Waals surface area (Å²) >= 11 is 0. The maximum Gasteiger partial charge on any atom is 0.224 e. The number of ether oxygens (including phenoxy) is 1. The molecule has 14 heavy (non-hydrogen) atoms. The zero-order chi connectivity index (χ0) is 10.6. The molecule has 0 aromatic heterocycles. The largest absolute Gasteiger partial charge is 0.495 e. The Balaban J connectivity index is 2.84. The highest BCUT2D eigenvalue weighted by Gasteiger charge is 2.02. The first-order chi connectivity index (χ1) is 6.67. The summed E-state index contributed by atoms with van der Waals surface area (Å²) in [4.78, 5) is 11.1. The van der Waals surface area contributed by atoms with Crippen molar-refractivity contribution in [3.05, 3.63) is 18.2 Å². The van der Waals surface area contributed by atoms with Crippen molar-refractivity contribution in [2.45, 2.75) is 13.3 Å².